The molecule has 4 N–H and O–H groups in total. The van der Waals surface area contributed by atoms with Crippen molar-refractivity contribution in [3.8, 4) is 0 Å². The highest BCUT2D eigenvalue weighted by molar-refractivity contribution is 5.71. The number of aliphatic hydroxyl groups excluding tert-OH is 3. The van der Waals surface area contributed by atoms with Crippen LogP contribution < -0.4 is 0 Å². The van der Waals surface area contributed by atoms with Crippen LogP contribution in [0.15, 0.2) is 0 Å². The Hall–Kier alpha value is -1.30. The van der Waals surface area contributed by atoms with E-state index >= 15 is 0 Å². The number of esters is 2. The van der Waals surface area contributed by atoms with E-state index < -0.39 is 48.6 Å². The van der Waals surface area contributed by atoms with Gasteiger partial charge >= 0.3 is 23.5 Å². The van der Waals surface area contributed by atoms with Gasteiger partial charge in [0.1, 0.15) is 12.7 Å². The quantitative estimate of drug-likeness (QED) is 0.0685. The molecule has 1 aliphatic rings. The van der Waals surface area contributed by atoms with Crippen molar-refractivity contribution in [1.29, 1.82) is 0 Å². The molecule has 0 radical (unpaired) electrons. The van der Waals surface area contributed by atoms with Crippen molar-refractivity contribution in [2.75, 3.05) is 13.7 Å². The molecule has 10 heteroatoms. The molecule has 1 rings (SSSR count). The Morgan fingerprint density at radius 2 is 1.07 bits per heavy atom. The van der Waals surface area contributed by atoms with Crippen LogP contribution in [-0.4, -0.2) is 76.2 Å². The number of carbonyl (C=O) groups excluding carboxylic acids is 2. The average Bonchev–Trinajstić information content (AvgIpc) is 2.96. The number of aliphatic hydroxyl groups is 4. The lowest BCUT2D eigenvalue weighted by Crippen LogP contribution is -2.76. The van der Waals surface area contributed by atoms with Crippen LogP contribution in [0.5, 0.6) is 0 Å². The molecule has 41 heavy (non-hydrogen) atoms. The van der Waals surface area contributed by atoms with Gasteiger partial charge in [-0.2, -0.15) is 0 Å². The Morgan fingerprint density at radius 1 is 0.683 bits per heavy atom. The fourth-order valence-electron chi connectivity index (χ4n) is 5.17. The lowest BCUT2D eigenvalue weighted by molar-refractivity contribution is -0.472. The Bertz CT molecular complexity index is 704. The smallest absolute Gasteiger partial charge is 0.308 e. The van der Waals surface area contributed by atoms with Crippen molar-refractivity contribution in [2.24, 2.45) is 0 Å². The van der Waals surface area contributed by atoms with Gasteiger partial charge in [0.05, 0.1) is 0 Å². The maximum atomic E-state index is 12.7. The fraction of sp³-hybridized carbons (Fsp3) is 0.935. The number of methoxy groups -OCH3 is 1. The van der Waals surface area contributed by atoms with E-state index in [4.69, 9.17) is 18.9 Å². The molecule has 5 atom stereocenters. The molecule has 0 spiro atoms. The molecule has 10 nitrogen and oxygen atoms in total. The van der Waals surface area contributed by atoms with E-state index in [1.807, 2.05) is 0 Å². The topological polar surface area (TPSA) is 152 Å². The van der Waals surface area contributed by atoms with Gasteiger partial charge in [-0.15, -0.1) is 0 Å². The second-order valence-electron chi connectivity index (χ2n) is 11.4. The van der Waals surface area contributed by atoms with Gasteiger partial charge in [-0.05, 0) is 12.8 Å². The zero-order valence-electron chi connectivity index (χ0n) is 25.8. The fourth-order valence-corrected chi connectivity index (χ4v) is 5.17. The molecule has 1 saturated heterocycles. The first-order chi connectivity index (χ1) is 19.7. The monoisotopic (exact) mass is 590 g/mol. The summed E-state index contributed by atoms with van der Waals surface area (Å²) in [6.07, 6.45) is 13.1. The molecular formula is C31H58O10. The predicted molar refractivity (Wildman–Crippen MR) is 155 cm³/mol. The van der Waals surface area contributed by atoms with Crippen molar-refractivity contribution in [2.45, 2.75) is 172 Å². The van der Waals surface area contributed by atoms with E-state index in [-0.39, 0.29) is 12.8 Å². The largest absolute Gasteiger partial charge is 0.423 e. The van der Waals surface area contributed by atoms with Crippen LogP contribution in [0.25, 0.3) is 0 Å². The number of ether oxygens (including phenoxy) is 4. The highest BCUT2D eigenvalue weighted by Gasteiger charge is 2.70. The second kappa shape index (κ2) is 21.4. The lowest BCUT2D eigenvalue weighted by atomic mass is 9.91. The molecule has 0 aliphatic carbocycles. The van der Waals surface area contributed by atoms with E-state index in [9.17, 15) is 30.0 Å². The summed E-state index contributed by atoms with van der Waals surface area (Å²) in [4.78, 5) is 25.4. The maximum absolute atomic E-state index is 12.7. The van der Waals surface area contributed by atoms with Crippen LogP contribution in [0.1, 0.15) is 142 Å². The van der Waals surface area contributed by atoms with Gasteiger partial charge in [-0.3, -0.25) is 9.59 Å². The third-order valence-electron chi connectivity index (χ3n) is 7.81. The first kappa shape index (κ1) is 37.7. The first-order valence-corrected chi connectivity index (χ1v) is 16.0. The lowest BCUT2D eigenvalue weighted by Gasteiger charge is -2.51. The van der Waals surface area contributed by atoms with Crippen molar-refractivity contribution < 1.29 is 49.0 Å². The highest BCUT2D eigenvalue weighted by Crippen LogP contribution is 2.41. The summed E-state index contributed by atoms with van der Waals surface area (Å²) in [6.45, 7) is 3.21. The normalized spacial score (nSPS) is 26.2. The number of carbonyl (C=O) groups is 2. The molecule has 1 heterocycles. The van der Waals surface area contributed by atoms with Gasteiger partial charge < -0.3 is 39.4 Å². The summed E-state index contributed by atoms with van der Waals surface area (Å²) in [5.41, 5.74) is 0. The zero-order chi connectivity index (χ0) is 30.6. The summed E-state index contributed by atoms with van der Waals surface area (Å²) in [6, 6.07) is 0. The van der Waals surface area contributed by atoms with E-state index in [1.165, 1.54) is 58.5 Å². The van der Waals surface area contributed by atoms with Gasteiger partial charge in [-0.1, -0.05) is 117 Å². The van der Waals surface area contributed by atoms with Crippen molar-refractivity contribution >= 4 is 11.9 Å². The van der Waals surface area contributed by atoms with Crippen LogP contribution in [0.3, 0.4) is 0 Å². The van der Waals surface area contributed by atoms with Crippen molar-refractivity contribution in [1.82, 2.24) is 0 Å². The zero-order valence-corrected chi connectivity index (χ0v) is 25.8. The molecule has 0 aromatic rings. The van der Waals surface area contributed by atoms with Gasteiger partial charge in [-0.25, -0.2) is 0 Å². The van der Waals surface area contributed by atoms with Crippen LogP contribution in [-0.2, 0) is 28.5 Å². The summed E-state index contributed by atoms with van der Waals surface area (Å²) < 4.78 is 21.1. The Morgan fingerprint density at radius 3 is 1.46 bits per heavy atom. The number of unbranched alkanes of at least 4 members (excludes halogenated alkanes) is 16. The van der Waals surface area contributed by atoms with Crippen molar-refractivity contribution in [3.05, 3.63) is 0 Å². The minimum absolute atomic E-state index is 0.0281. The van der Waals surface area contributed by atoms with E-state index in [2.05, 4.69) is 13.8 Å². The Labute approximate surface area is 247 Å². The van der Waals surface area contributed by atoms with Crippen LogP contribution in [0, 0.1) is 0 Å². The Kier molecular flexibility index (Phi) is 19.7. The van der Waals surface area contributed by atoms with E-state index in [1.54, 1.807) is 0 Å². The molecule has 0 aromatic heterocycles. The minimum Gasteiger partial charge on any atom is -0.423 e. The maximum Gasteiger partial charge on any atom is 0.308 e. The van der Waals surface area contributed by atoms with E-state index in [0.717, 1.165) is 51.4 Å². The van der Waals surface area contributed by atoms with Crippen LogP contribution >= 0.6 is 0 Å². The molecule has 1 fully saturated rings. The molecule has 0 amide bonds. The molecular weight excluding hydrogens is 532 g/mol. The summed E-state index contributed by atoms with van der Waals surface area (Å²) in [5, 5.41) is 42.8. The third-order valence-corrected chi connectivity index (χ3v) is 7.81. The summed E-state index contributed by atoms with van der Waals surface area (Å²) in [7, 11) is 1.17. The van der Waals surface area contributed by atoms with Gasteiger partial charge in [0, 0.05) is 20.0 Å². The van der Waals surface area contributed by atoms with Crippen molar-refractivity contribution in [3.63, 3.8) is 0 Å². The molecule has 0 bridgehead atoms. The van der Waals surface area contributed by atoms with E-state index in [0.29, 0.717) is 12.8 Å². The predicted octanol–water partition coefficient (Wildman–Crippen LogP) is 5.02. The van der Waals surface area contributed by atoms with Gasteiger partial charge in [0.2, 0.25) is 0 Å². The molecule has 1 unspecified atom stereocenters. The third kappa shape index (κ3) is 12.8. The SMILES string of the molecule is CCCCCCCCCCCC(=O)OC1(CO)O[C@H](OC)[C@@H](O)[C@@H](O)[C@@]1(O)OC(=O)CCCCCCCCCCC. The number of rotatable bonds is 24. The molecule has 1 aliphatic heterocycles. The van der Waals surface area contributed by atoms with Crippen LogP contribution in [0.2, 0.25) is 0 Å². The first-order valence-electron chi connectivity index (χ1n) is 16.0. The molecule has 0 saturated carbocycles. The molecule has 242 valence electrons. The average molecular weight is 591 g/mol. The van der Waals surface area contributed by atoms with Gasteiger partial charge in [0.15, 0.2) is 12.4 Å². The van der Waals surface area contributed by atoms with Gasteiger partial charge in [0.25, 0.3) is 0 Å². The second-order valence-corrected chi connectivity index (χ2v) is 11.4. The molecule has 0 aromatic carbocycles. The van der Waals surface area contributed by atoms with Crippen LogP contribution in [0.4, 0.5) is 0 Å². The standard InChI is InChI=1S/C31H58O10/c1-4-6-8-10-12-14-16-18-20-22-25(33)39-30(24-32)31(37,28(36)27(35)29(38-3)41-30)40-26(34)23-21-19-17-15-13-11-9-7-5-2/h27-29,32,35-37H,4-24H2,1-3H3/t27-,28+,29-,30?,31+/m0/s1. The summed E-state index contributed by atoms with van der Waals surface area (Å²) >= 11 is 0. The Balaban J connectivity index is 2.68. The number of hydrogen-bond donors (Lipinski definition) is 4. The minimum atomic E-state index is -3.05. The highest BCUT2D eigenvalue weighted by atomic mass is 16.8. The summed E-state index contributed by atoms with van der Waals surface area (Å²) in [5.74, 6) is -7.43. The number of hydrogen-bond acceptors (Lipinski definition) is 10.